The van der Waals surface area contributed by atoms with Crippen LogP contribution in [0.1, 0.15) is 21.3 Å². The van der Waals surface area contributed by atoms with Crippen LogP contribution in [0, 0.1) is 11.3 Å². The fourth-order valence-electron chi connectivity index (χ4n) is 2.32. The van der Waals surface area contributed by atoms with Gasteiger partial charge in [-0.25, -0.2) is 4.98 Å². The zero-order valence-electron chi connectivity index (χ0n) is 11.1. The van der Waals surface area contributed by atoms with Crippen molar-refractivity contribution in [2.75, 3.05) is 0 Å². The number of hydrogen-bond donors (Lipinski definition) is 0. The zero-order chi connectivity index (χ0) is 15.1. The van der Waals surface area contributed by atoms with E-state index in [0.717, 1.165) is 15.3 Å². The number of Topliss-reactive ketones (excluding diaryl/α,β-unsaturated/α-hetero) is 1. The molecule has 4 heterocycles. The monoisotopic (exact) mass is 324 g/mol. The summed E-state index contributed by atoms with van der Waals surface area (Å²) in [5, 5.41) is 11.3. The topological polar surface area (TPSA) is 71.0 Å². The van der Waals surface area contributed by atoms with Crippen molar-refractivity contribution in [3.8, 4) is 6.07 Å². The van der Waals surface area contributed by atoms with Gasteiger partial charge < -0.3 is 0 Å². The maximum atomic E-state index is 12.6. The van der Waals surface area contributed by atoms with Gasteiger partial charge in [-0.05, 0) is 18.2 Å². The van der Waals surface area contributed by atoms with Crippen LogP contribution in [-0.2, 0) is 0 Å². The third kappa shape index (κ3) is 1.93. The summed E-state index contributed by atoms with van der Waals surface area (Å²) in [5.41, 5.74) is 1.38. The van der Waals surface area contributed by atoms with Gasteiger partial charge in [-0.2, -0.15) is 5.26 Å². The largest absolute Gasteiger partial charge is 0.291 e. The molecule has 22 heavy (non-hydrogen) atoms. The van der Waals surface area contributed by atoms with E-state index in [-0.39, 0.29) is 5.78 Å². The SMILES string of the molecule is N#CC(C(=O)c1cc2c(nc3sccn32)s1)c1ccccn1. The summed E-state index contributed by atoms with van der Waals surface area (Å²) >= 11 is 2.87. The second-order valence-electron chi connectivity index (χ2n) is 4.65. The molecule has 0 N–H and O–H groups in total. The van der Waals surface area contributed by atoms with Crippen LogP contribution in [0.25, 0.3) is 15.3 Å². The fourth-order valence-corrected chi connectivity index (χ4v) is 4.09. The smallest absolute Gasteiger partial charge is 0.196 e. The summed E-state index contributed by atoms with van der Waals surface area (Å²) in [6.45, 7) is 0. The molecule has 0 aliphatic carbocycles. The molecular formula is C15H8N4OS2. The molecule has 0 saturated heterocycles. The zero-order valence-corrected chi connectivity index (χ0v) is 12.8. The number of nitriles is 1. The van der Waals surface area contributed by atoms with E-state index in [2.05, 4.69) is 16.0 Å². The van der Waals surface area contributed by atoms with Gasteiger partial charge in [0.15, 0.2) is 16.7 Å². The summed E-state index contributed by atoms with van der Waals surface area (Å²) in [7, 11) is 0. The fraction of sp³-hybridized carbons (Fsp3) is 0.0667. The van der Waals surface area contributed by atoms with E-state index in [0.29, 0.717) is 10.6 Å². The molecule has 4 aromatic heterocycles. The number of aromatic nitrogens is 3. The maximum Gasteiger partial charge on any atom is 0.196 e. The van der Waals surface area contributed by atoms with Crippen LogP contribution in [-0.4, -0.2) is 20.2 Å². The van der Waals surface area contributed by atoms with E-state index in [1.165, 1.54) is 11.3 Å². The average molecular weight is 324 g/mol. The van der Waals surface area contributed by atoms with Crippen LogP contribution >= 0.6 is 22.7 Å². The predicted molar refractivity (Wildman–Crippen MR) is 85.4 cm³/mol. The first-order chi connectivity index (χ1) is 10.8. The van der Waals surface area contributed by atoms with Gasteiger partial charge in [-0.1, -0.05) is 6.07 Å². The summed E-state index contributed by atoms with van der Waals surface area (Å²) in [6.07, 6.45) is 3.51. The Morgan fingerprint density at radius 1 is 1.41 bits per heavy atom. The minimum absolute atomic E-state index is 0.229. The maximum absolute atomic E-state index is 12.6. The molecule has 0 spiro atoms. The number of pyridine rings is 1. The average Bonchev–Trinajstić information content (AvgIpc) is 3.20. The molecule has 4 aromatic rings. The van der Waals surface area contributed by atoms with Crippen LogP contribution in [0.3, 0.4) is 0 Å². The molecular weight excluding hydrogens is 316 g/mol. The van der Waals surface area contributed by atoms with Crippen LogP contribution in [0.2, 0.25) is 0 Å². The Kier molecular flexibility index (Phi) is 2.99. The first-order valence-electron chi connectivity index (χ1n) is 6.48. The second-order valence-corrected chi connectivity index (χ2v) is 6.55. The van der Waals surface area contributed by atoms with Crippen molar-refractivity contribution >= 4 is 43.8 Å². The Balaban J connectivity index is 1.78. The molecule has 0 bridgehead atoms. The number of thiazole rings is 1. The molecule has 0 aromatic carbocycles. The number of hydrogen-bond acceptors (Lipinski definition) is 6. The van der Waals surface area contributed by atoms with Crippen LogP contribution in [0.5, 0.6) is 0 Å². The molecule has 5 nitrogen and oxygen atoms in total. The number of ketones is 1. The molecule has 0 aliphatic heterocycles. The summed E-state index contributed by atoms with van der Waals surface area (Å²) in [6, 6.07) is 9.09. The molecule has 4 rings (SSSR count). The van der Waals surface area contributed by atoms with E-state index >= 15 is 0 Å². The Morgan fingerprint density at radius 2 is 2.32 bits per heavy atom. The minimum atomic E-state index is -0.882. The lowest BCUT2D eigenvalue weighted by atomic mass is 10.00. The first-order valence-corrected chi connectivity index (χ1v) is 8.17. The van der Waals surface area contributed by atoms with Gasteiger partial charge in [-0.15, -0.1) is 22.7 Å². The second kappa shape index (κ2) is 5.02. The minimum Gasteiger partial charge on any atom is -0.291 e. The van der Waals surface area contributed by atoms with E-state index in [4.69, 9.17) is 0 Å². The van der Waals surface area contributed by atoms with Gasteiger partial charge >= 0.3 is 0 Å². The lowest BCUT2D eigenvalue weighted by Gasteiger charge is -2.05. The van der Waals surface area contributed by atoms with E-state index < -0.39 is 5.92 Å². The van der Waals surface area contributed by atoms with Gasteiger partial charge in [0.2, 0.25) is 0 Å². The Morgan fingerprint density at radius 3 is 3.09 bits per heavy atom. The normalized spacial score (nSPS) is 12.5. The summed E-state index contributed by atoms with van der Waals surface area (Å²) < 4.78 is 1.95. The highest BCUT2D eigenvalue weighted by Crippen LogP contribution is 2.31. The lowest BCUT2D eigenvalue weighted by molar-refractivity contribution is 0.0981. The third-order valence-electron chi connectivity index (χ3n) is 3.36. The molecule has 0 aliphatic rings. The molecule has 7 heteroatoms. The van der Waals surface area contributed by atoms with E-state index in [9.17, 15) is 10.1 Å². The molecule has 0 amide bonds. The summed E-state index contributed by atoms with van der Waals surface area (Å²) in [5.74, 6) is -1.11. The number of rotatable bonds is 3. The Labute approximate surface area is 133 Å². The highest BCUT2D eigenvalue weighted by molar-refractivity contribution is 7.21. The number of carbonyl (C=O) groups is 1. The van der Waals surface area contributed by atoms with Crippen molar-refractivity contribution in [3.05, 3.63) is 52.6 Å². The number of imidazole rings is 1. The number of nitrogens with zero attached hydrogens (tertiary/aromatic N) is 4. The van der Waals surface area contributed by atoms with Crippen molar-refractivity contribution in [1.82, 2.24) is 14.4 Å². The van der Waals surface area contributed by atoms with Gasteiger partial charge in [-0.3, -0.25) is 14.2 Å². The number of fused-ring (bicyclic) bond motifs is 3. The third-order valence-corrected chi connectivity index (χ3v) is 5.15. The van der Waals surface area contributed by atoms with E-state index in [1.54, 1.807) is 35.7 Å². The quantitative estimate of drug-likeness (QED) is 0.541. The van der Waals surface area contributed by atoms with Crippen molar-refractivity contribution < 1.29 is 4.79 Å². The molecule has 0 saturated carbocycles. The molecule has 1 unspecified atom stereocenters. The van der Waals surface area contributed by atoms with Gasteiger partial charge in [0.25, 0.3) is 0 Å². The van der Waals surface area contributed by atoms with E-state index in [1.807, 2.05) is 22.0 Å². The Hall–Kier alpha value is -2.56. The van der Waals surface area contributed by atoms with Gasteiger partial charge in [0.05, 0.1) is 22.2 Å². The number of carbonyl (C=O) groups excluding carboxylic acids is 1. The predicted octanol–water partition coefficient (Wildman–Crippen LogP) is 3.50. The standard InChI is InChI=1S/C15H8N4OS2/c16-8-9(10-3-1-2-4-17-10)13(20)12-7-11-14(22-12)18-15-19(11)5-6-21-15/h1-7,9H. The van der Waals surface area contributed by atoms with Crippen molar-refractivity contribution in [2.45, 2.75) is 5.92 Å². The molecule has 0 radical (unpaired) electrons. The van der Waals surface area contributed by atoms with Crippen LogP contribution in [0.15, 0.2) is 42.0 Å². The summed E-state index contributed by atoms with van der Waals surface area (Å²) in [4.78, 5) is 23.5. The lowest BCUT2D eigenvalue weighted by Crippen LogP contribution is -2.11. The van der Waals surface area contributed by atoms with Gasteiger partial charge in [0.1, 0.15) is 4.83 Å². The van der Waals surface area contributed by atoms with Crippen molar-refractivity contribution in [1.29, 1.82) is 5.26 Å². The van der Waals surface area contributed by atoms with Crippen molar-refractivity contribution in [3.63, 3.8) is 0 Å². The highest BCUT2D eigenvalue weighted by atomic mass is 32.1. The molecule has 0 fully saturated rings. The molecule has 106 valence electrons. The Bertz CT molecular complexity index is 1020. The number of thiophene rings is 1. The van der Waals surface area contributed by atoms with Crippen molar-refractivity contribution in [2.24, 2.45) is 0 Å². The highest BCUT2D eigenvalue weighted by Gasteiger charge is 2.25. The molecule has 1 atom stereocenters. The van der Waals surface area contributed by atoms with Crippen LogP contribution < -0.4 is 0 Å². The van der Waals surface area contributed by atoms with Gasteiger partial charge in [0, 0.05) is 17.8 Å². The first kappa shape index (κ1) is 13.1. The van der Waals surface area contributed by atoms with Crippen LogP contribution in [0.4, 0.5) is 0 Å².